The van der Waals surface area contributed by atoms with E-state index in [2.05, 4.69) is 22.2 Å². The molecule has 5 heteroatoms. The van der Waals surface area contributed by atoms with E-state index in [0.717, 1.165) is 23.9 Å². The number of aromatic amines is 1. The molecule has 0 atom stereocenters. The molecule has 1 amide bonds. The first-order valence-electron chi connectivity index (χ1n) is 7.04. The molecular formula is C15H20N4O. The van der Waals surface area contributed by atoms with Gasteiger partial charge in [0.25, 0.3) is 5.91 Å². The van der Waals surface area contributed by atoms with Crippen LogP contribution in [0, 0.1) is 0 Å². The van der Waals surface area contributed by atoms with E-state index >= 15 is 0 Å². The zero-order chi connectivity index (χ0) is 14.1. The predicted octanol–water partition coefficient (Wildman–Crippen LogP) is 1.24. The van der Waals surface area contributed by atoms with Crippen LogP contribution < -0.4 is 16.0 Å². The second kappa shape index (κ2) is 5.17. The Balaban J connectivity index is 2.02. The first-order valence-corrected chi connectivity index (χ1v) is 7.04. The summed E-state index contributed by atoms with van der Waals surface area (Å²) in [6, 6.07) is 5.81. The van der Waals surface area contributed by atoms with Gasteiger partial charge in [-0.25, -0.2) is 0 Å². The van der Waals surface area contributed by atoms with Crippen molar-refractivity contribution in [3.63, 3.8) is 0 Å². The van der Waals surface area contributed by atoms with Crippen LogP contribution in [0.1, 0.15) is 22.5 Å². The number of aromatic nitrogens is 1. The molecule has 5 nitrogen and oxygen atoms in total. The third kappa shape index (κ3) is 2.14. The van der Waals surface area contributed by atoms with Crippen LogP contribution in [0.2, 0.25) is 0 Å². The summed E-state index contributed by atoms with van der Waals surface area (Å²) in [7, 11) is 2.10. The van der Waals surface area contributed by atoms with Gasteiger partial charge in [0.1, 0.15) is 0 Å². The number of carbonyl (C=O) groups is 1. The Labute approximate surface area is 118 Å². The van der Waals surface area contributed by atoms with Crippen LogP contribution in [-0.2, 0) is 6.42 Å². The minimum Gasteiger partial charge on any atom is -0.373 e. The Bertz CT molecular complexity index is 647. The van der Waals surface area contributed by atoms with Crippen molar-refractivity contribution in [3.05, 3.63) is 29.5 Å². The quantitative estimate of drug-likeness (QED) is 0.787. The number of H-pyrrole nitrogens is 1. The molecule has 4 N–H and O–H groups in total. The predicted molar refractivity (Wildman–Crippen MR) is 81.3 cm³/mol. The second-order valence-electron chi connectivity index (χ2n) is 5.28. The van der Waals surface area contributed by atoms with E-state index in [4.69, 9.17) is 5.73 Å². The number of benzene rings is 1. The van der Waals surface area contributed by atoms with Gasteiger partial charge >= 0.3 is 0 Å². The lowest BCUT2D eigenvalue weighted by atomic mass is 10.1. The number of hydrogen-bond donors (Lipinski definition) is 3. The van der Waals surface area contributed by atoms with Gasteiger partial charge in [-0.15, -0.1) is 0 Å². The molecule has 106 valence electrons. The lowest BCUT2D eigenvalue weighted by Crippen LogP contribution is -2.29. The molecule has 1 aromatic carbocycles. The van der Waals surface area contributed by atoms with Gasteiger partial charge in [0.2, 0.25) is 0 Å². The lowest BCUT2D eigenvalue weighted by molar-refractivity contribution is 0.0955. The number of anilines is 1. The van der Waals surface area contributed by atoms with Crippen LogP contribution in [0.3, 0.4) is 0 Å². The van der Waals surface area contributed by atoms with Crippen molar-refractivity contribution in [2.24, 2.45) is 5.73 Å². The first-order chi connectivity index (χ1) is 9.70. The summed E-state index contributed by atoms with van der Waals surface area (Å²) in [4.78, 5) is 17.8. The summed E-state index contributed by atoms with van der Waals surface area (Å²) >= 11 is 0. The van der Waals surface area contributed by atoms with Gasteiger partial charge in [-0.3, -0.25) is 4.79 Å². The van der Waals surface area contributed by atoms with E-state index in [1.807, 2.05) is 18.2 Å². The van der Waals surface area contributed by atoms with Crippen LogP contribution in [0.15, 0.2) is 18.2 Å². The van der Waals surface area contributed by atoms with Crippen molar-refractivity contribution in [3.8, 4) is 0 Å². The number of hydrogen-bond acceptors (Lipinski definition) is 3. The highest BCUT2D eigenvalue weighted by Gasteiger charge is 2.20. The van der Waals surface area contributed by atoms with E-state index in [0.29, 0.717) is 18.7 Å². The third-order valence-corrected chi connectivity index (χ3v) is 3.84. The minimum absolute atomic E-state index is 0.0641. The van der Waals surface area contributed by atoms with Crippen molar-refractivity contribution in [1.82, 2.24) is 10.3 Å². The molecule has 3 rings (SSSR count). The Morgan fingerprint density at radius 2 is 2.35 bits per heavy atom. The van der Waals surface area contributed by atoms with Crippen molar-refractivity contribution in [1.29, 1.82) is 0 Å². The summed E-state index contributed by atoms with van der Waals surface area (Å²) in [6.45, 7) is 2.02. The third-order valence-electron chi connectivity index (χ3n) is 3.84. The first kappa shape index (κ1) is 13.0. The normalized spacial score (nSPS) is 14.4. The SMILES string of the molecule is CN1CCCc2[nH]c3ccc(C(=O)NCCN)cc3c21. The zero-order valence-corrected chi connectivity index (χ0v) is 11.7. The highest BCUT2D eigenvalue weighted by Crippen LogP contribution is 2.34. The average molecular weight is 272 g/mol. The fourth-order valence-electron chi connectivity index (χ4n) is 2.88. The van der Waals surface area contributed by atoms with Crippen LogP contribution in [-0.4, -0.2) is 37.6 Å². The van der Waals surface area contributed by atoms with Gasteiger partial charge in [0.05, 0.1) is 5.69 Å². The number of nitrogens with zero attached hydrogens (tertiary/aromatic N) is 1. The van der Waals surface area contributed by atoms with Gasteiger partial charge in [-0.2, -0.15) is 0 Å². The summed E-state index contributed by atoms with van der Waals surface area (Å²) in [5.41, 5.74) is 9.70. The average Bonchev–Trinajstić information content (AvgIpc) is 2.83. The molecule has 0 saturated carbocycles. The molecule has 0 unspecified atom stereocenters. The molecule has 1 aliphatic heterocycles. The maximum atomic E-state index is 12.0. The number of fused-ring (bicyclic) bond motifs is 3. The topological polar surface area (TPSA) is 74.2 Å². The molecule has 0 saturated heterocycles. The van der Waals surface area contributed by atoms with E-state index in [9.17, 15) is 4.79 Å². The Morgan fingerprint density at radius 3 is 3.15 bits per heavy atom. The molecule has 2 heterocycles. The molecule has 1 aliphatic rings. The summed E-state index contributed by atoms with van der Waals surface area (Å²) in [6.07, 6.45) is 2.24. The number of nitrogens with one attached hydrogen (secondary N) is 2. The fourth-order valence-corrected chi connectivity index (χ4v) is 2.88. The zero-order valence-electron chi connectivity index (χ0n) is 11.7. The smallest absolute Gasteiger partial charge is 0.251 e. The summed E-state index contributed by atoms with van der Waals surface area (Å²) in [5, 5.41) is 3.94. The van der Waals surface area contributed by atoms with Gasteiger partial charge in [0.15, 0.2) is 0 Å². The maximum Gasteiger partial charge on any atom is 0.251 e. The number of aryl methyl sites for hydroxylation is 1. The lowest BCUT2D eigenvalue weighted by Gasteiger charge is -2.24. The number of amides is 1. The maximum absolute atomic E-state index is 12.0. The van der Waals surface area contributed by atoms with Crippen LogP contribution >= 0.6 is 0 Å². The van der Waals surface area contributed by atoms with Gasteiger partial charge in [-0.05, 0) is 31.0 Å². The van der Waals surface area contributed by atoms with Crippen molar-refractivity contribution in [2.45, 2.75) is 12.8 Å². The van der Waals surface area contributed by atoms with Gasteiger partial charge in [-0.1, -0.05) is 0 Å². The summed E-state index contributed by atoms with van der Waals surface area (Å²) < 4.78 is 0. The molecule has 0 fully saturated rings. The molecule has 20 heavy (non-hydrogen) atoms. The van der Waals surface area contributed by atoms with E-state index in [1.165, 1.54) is 17.8 Å². The molecule has 2 aromatic rings. The monoisotopic (exact) mass is 272 g/mol. The van der Waals surface area contributed by atoms with Crippen LogP contribution in [0.5, 0.6) is 0 Å². The standard InChI is InChI=1S/C15H20N4O/c1-19-8-2-3-13-14(19)11-9-10(4-5-12(11)18-13)15(20)17-7-6-16/h4-5,9,18H,2-3,6-8,16H2,1H3,(H,17,20). The Hall–Kier alpha value is -2.01. The minimum atomic E-state index is -0.0641. The Kier molecular flexibility index (Phi) is 3.36. The molecule has 0 spiro atoms. The van der Waals surface area contributed by atoms with Gasteiger partial charge < -0.3 is 20.9 Å². The molecule has 0 bridgehead atoms. The van der Waals surface area contributed by atoms with Crippen molar-refractivity contribution >= 4 is 22.5 Å². The van der Waals surface area contributed by atoms with E-state index in [1.54, 1.807) is 0 Å². The molecule has 0 radical (unpaired) electrons. The highest BCUT2D eigenvalue weighted by atomic mass is 16.1. The largest absolute Gasteiger partial charge is 0.373 e. The van der Waals surface area contributed by atoms with Gasteiger partial charge in [0, 0.05) is 48.8 Å². The van der Waals surface area contributed by atoms with E-state index < -0.39 is 0 Å². The van der Waals surface area contributed by atoms with Crippen LogP contribution in [0.25, 0.3) is 10.9 Å². The molecular weight excluding hydrogens is 252 g/mol. The van der Waals surface area contributed by atoms with E-state index in [-0.39, 0.29) is 5.91 Å². The molecule has 0 aliphatic carbocycles. The fraction of sp³-hybridized carbons (Fsp3) is 0.400. The second-order valence-corrected chi connectivity index (χ2v) is 5.28. The molecule has 1 aromatic heterocycles. The number of carbonyl (C=O) groups excluding carboxylic acids is 1. The highest BCUT2D eigenvalue weighted by molar-refractivity contribution is 6.02. The van der Waals surface area contributed by atoms with Crippen molar-refractivity contribution < 1.29 is 4.79 Å². The number of nitrogens with two attached hydrogens (primary N) is 1. The van der Waals surface area contributed by atoms with Crippen molar-refractivity contribution in [2.75, 3.05) is 31.6 Å². The Morgan fingerprint density at radius 1 is 1.50 bits per heavy atom. The summed E-state index contributed by atoms with van der Waals surface area (Å²) in [5.74, 6) is -0.0641. The number of rotatable bonds is 3. The van der Waals surface area contributed by atoms with Crippen LogP contribution in [0.4, 0.5) is 5.69 Å².